The topological polar surface area (TPSA) is 58.6 Å². The summed E-state index contributed by atoms with van der Waals surface area (Å²) in [5.74, 6) is 1.29. The van der Waals surface area contributed by atoms with Crippen molar-refractivity contribution < 1.29 is 14.6 Å². The highest BCUT2D eigenvalue weighted by molar-refractivity contribution is 5.91. The number of aliphatic hydroxyl groups excluding tert-OH is 1. The molecule has 21 heavy (non-hydrogen) atoms. The summed E-state index contributed by atoms with van der Waals surface area (Å²) in [6.07, 6.45) is 6.81. The maximum Gasteiger partial charge on any atom is 0.244 e. The van der Waals surface area contributed by atoms with Crippen LogP contribution in [0, 0.1) is 5.92 Å². The fourth-order valence-corrected chi connectivity index (χ4v) is 3.02. The Morgan fingerprint density at radius 1 is 1.43 bits per heavy atom. The molecule has 0 bridgehead atoms. The van der Waals surface area contributed by atoms with E-state index in [1.807, 2.05) is 18.2 Å². The first-order chi connectivity index (χ1) is 10.2. The molecule has 2 N–H and O–H groups in total. The zero-order valence-electron chi connectivity index (χ0n) is 12.0. The quantitative estimate of drug-likeness (QED) is 0.832. The van der Waals surface area contributed by atoms with Gasteiger partial charge in [-0.1, -0.05) is 6.07 Å². The number of aliphatic hydroxyl groups is 1. The predicted molar refractivity (Wildman–Crippen MR) is 81.0 cm³/mol. The van der Waals surface area contributed by atoms with Crippen molar-refractivity contribution in [3.63, 3.8) is 0 Å². The molecule has 0 saturated heterocycles. The molecule has 1 aromatic rings. The lowest BCUT2D eigenvalue weighted by molar-refractivity contribution is -0.116. The van der Waals surface area contributed by atoms with E-state index in [9.17, 15) is 9.90 Å². The molecule has 0 aromatic heterocycles. The number of hydrogen-bond acceptors (Lipinski definition) is 3. The standard InChI is InChI=1S/C17H21NO3/c19-15-4-1-13(10-15)11-18-17(20)6-3-12-2-5-16-14(9-12)7-8-21-16/h2-3,5-6,9,13,15,19H,1,4,7-8,10-11H2,(H,18,20)/b6-3+. The van der Waals surface area contributed by atoms with Gasteiger partial charge in [0.2, 0.25) is 5.91 Å². The molecule has 0 radical (unpaired) electrons. The Kier molecular flexibility index (Phi) is 4.25. The molecule has 112 valence electrons. The minimum Gasteiger partial charge on any atom is -0.493 e. The van der Waals surface area contributed by atoms with Gasteiger partial charge in [-0.2, -0.15) is 0 Å². The van der Waals surface area contributed by atoms with E-state index in [0.717, 1.165) is 43.6 Å². The van der Waals surface area contributed by atoms with Crippen LogP contribution in [0.3, 0.4) is 0 Å². The minimum absolute atomic E-state index is 0.0758. The number of carbonyl (C=O) groups excluding carboxylic acids is 1. The molecular weight excluding hydrogens is 266 g/mol. The van der Waals surface area contributed by atoms with E-state index in [4.69, 9.17) is 4.74 Å². The third kappa shape index (κ3) is 3.64. The lowest BCUT2D eigenvalue weighted by Gasteiger charge is -2.09. The van der Waals surface area contributed by atoms with Gasteiger partial charge in [0.15, 0.2) is 0 Å². The average molecular weight is 287 g/mol. The second-order valence-electron chi connectivity index (χ2n) is 5.88. The number of amides is 1. The van der Waals surface area contributed by atoms with E-state index in [0.29, 0.717) is 12.5 Å². The average Bonchev–Trinajstić information content (AvgIpc) is 3.10. The summed E-state index contributed by atoms with van der Waals surface area (Å²) in [5, 5.41) is 12.4. The molecule has 1 heterocycles. The van der Waals surface area contributed by atoms with Gasteiger partial charge < -0.3 is 15.2 Å². The largest absolute Gasteiger partial charge is 0.493 e. The molecule has 0 spiro atoms. The van der Waals surface area contributed by atoms with E-state index in [1.54, 1.807) is 6.08 Å². The van der Waals surface area contributed by atoms with Crippen molar-refractivity contribution >= 4 is 12.0 Å². The van der Waals surface area contributed by atoms with Crippen molar-refractivity contribution in [2.24, 2.45) is 5.92 Å². The van der Waals surface area contributed by atoms with Crippen LogP contribution in [0.5, 0.6) is 5.75 Å². The zero-order chi connectivity index (χ0) is 14.7. The van der Waals surface area contributed by atoms with E-state index in [2.05, 4.69) is 11.4 Å². The number of benzene rings is 1. The van der Waals surface area contributed by atoms with Crippen LogP contribution in [0.1, 0.15) is 30.4 Å². The first-order valence-corrected chi connectivity index (χ1v) is 7.60. The summed E-state index contributed by atoms with van der Waals surface area (Å²) in [6.45, 7) is 1.40. The lowest BCUT2D eigenvalue weighted by Crippen LogP contribution is -2.26. The number of nitrogens with one attached hydrogen (secondary N) is 1. The number of rotatable bonds is 4. The van der Waals surface area contributed by atoms with E-state index in [-0.39, 0.29) is 12.0 Å². The smallest absolute Gasteiger partial charge is 0.244 e. The lowest BCUT2D eigenvalue weighted by atomic mass is 10.1. The summed E-state index contributed by atoms with van der Waals surface area (Å²) in [7, 11) is 0. The molecule has 4 heteroatoms. The summed E-state index contributed by atoms with van der Waals surface area (Å²) >= 11 is 0. The second kappa shape index (κ2) is 6.31. The van der Waals surface area contributed by atoms with Gasteiger partial charge in [0.05, 0.1) is 12.7 Å². The maximum atomic E-state index is 11.8. The zero-order valence-corrected chi connectivity index (χ0v) is 12.0. The van der Waals surface area contributed by atoms with Crippen LogP contribution in [0.2, 0.25) is 0 Å². The third-order valence-electron chi connectivity index (χ3n) is 4.22. The van der Waals surface area contributed by atoms with Crippen molar-refractivity contribution in [3.05, 3.63) is 35.4 Å². The van der Waals surface area contributed by atoms with E-state index >= 15 is 0 Å². The normalized spacial score (nSPS) is 24.0. The van der Waals surface area contributed by atoms with Crippen molar-refractivity contribution in [1.82, 2.24) is 5.32 Å². The monoisotopic (exact) mass is 287 g/mol. The molecule has 1 aromatic carbocycles. The molecule has 3 rings (SSSR count). The Morgan fingerprint density at radius 3 is 3.14 bits per heavy atom. The van der Waals surface area contributed by atoms with Gasteiger partial charge in [0, 0.05) is 19.0 Å². The van der Waals surface area contributed by atoms with E-state index in [1.165, 1.54) is 5.56 Å². The van der Waals surface area contributed by atoms with Gasteiger partial charge in [0.25, 0.3) is 0 Å². The van der Waals surface area contributed by atoms with Crippen molar-refractivity contribution in [1.29, 1.82) is 0 Å². The van der Waals surface area contributed by atoms with Gasteiger partial charge in [-0.05, 0) is 54.5 Å². The molecule has 1 amide bonds. The summed E-state index contributed by atoms with van der Waals surface area (Å²) in [5.41, 5.74) is 2.23. The third-order valence-corrected chi connectivity index (χ3v) is 4.22. The number of carbonyl (C=O) groups is 1. The molecule has 1 aliphatic heterocycles. The van der Waals surface area contributed by atoms with Gasteiger partial charge >= 0.3 is 0 Å². The molecule has 1 aliphatic carbocycles. The Morgan fingerprint density at radius 2 is 2.33 bits per heavy atom. The van der Waals surface area contributed by atoms with Crippen molar-refractivity contribution in [2.75, 3.05) is 13.2 Å². The molecule has 2 aliphatic rings. The molecule has 2 atom stereocenters. The number of fused-ring (bicyclic) bond motifs is 1. The highest BCUT2D eigenvalue weighted by Gasteiger charge is 2.22. The Labute approximate surface area is 124 Å². The molecule has 1 fully saturated rings. The highest BCUT2D eigenvalue weighted by atomic mass is 16.5. The Balaban J connectivity index is 1.50. The van der Waals surface area contributed by atoms with Gasteiger partial charge in [-0.3, -0.25) is 4.79 Å². The van der Waals surface area contributed by atoms with Crippen LogP contribution in [-0.2, 0) is 11.2 Å². The number of hydrogen-bond donors (Lipinski definition) is 2. The fourth-order valence-electron chi connectivity index (χ4n) is 3.02. The van der Waals surface area contributed by atoms with Crippen LogP contribution in [0.15, 0.2) is 24.3 Å². The maximum absolute atomic E-state index is 11.8. The molecular formula is C17H21NO3. The van der Waals surface area contributed by atoms with Crippen molar-refractivity contribution in [2.45, 2.75) is 31.8 Å². The number of ether oxygens (including phenoxy) is 1. The van der Waals surface area contributed by atoms with Crippen LogP contribution < -0.4 is 10.1 Å². The molecule has 1 saturated carbocycles. The predicted octanol–water partition coefficient (Wildman–Crippen LogP) is 1.91. The van der Waals surface area contributed by atoms with Crippen LogP contribution >= 0.6 is 0 Å². The minimum atomic E-state index is -0.184. The van der Waals surface area contributed by atoms with Gasteiger partial charge in [-0.25, -0.2) is 0 Å². The summed E-state index contributed by atoms with van der Waals surface area (Å²) in [6, 6.07) is 5.99. The molecule has 4 nitrogen and oxygen atoms in total. The van der Waals surface area contributed by atoms with Crippen LogP contribution in [0.25, 0.3) is 6.08 Å². The SMILES string of the molecule is O=C(/C=C/c1ccc2c(c1)CCO2)NCC1CCC(O)C1. The van der Waals surface area contributed by atoms with Gasteiger partial charge in [0.1, 0.15) is 5.75 Å². The highest BCUT2D eigenvalue weighted by Crippen LogP contribution is 2.26. The first-order valence-electron chi connectivity index (χ1n) is 7.60. The van der Waals surface area contributed by atoms with Crippen LogP contribution in [-0.4, -0.2) is 30.3 Å². The van der Waals surface area contributed by atoms with E-state index < -0.39 is 0 Å². The molecule has 2 unspecified atom stereocenters. The summed E-state index contributed by atoms with van der Waals surface area (Å²) in [4.78, 5) is 11.8. The fraction of sp³-hybridized carbons (Fsp3) is 0.471. The Bertz CT molecular complexity index is 553. The van der Waals surface area contributed by atoms with Crippen molar-refractivity contribution in [3.8, 4) is 5.75 Å². The van der Waals surface area contributed by atoms with Crippen LogP contribution in [0.4, 0.5) is 0 Å². The summed E-state index contributed by atoms with van der Waals surface area (Å²) < 4.78 is 5.46. The Hall–Kier alpha value is -1.81. The first kappa shape index (κ1) is 14.1. The second-order valence-corrected chi connectivity index (χ2v) is 5.88. The van der Waals surface area contributed by atoms with Gasteiger partial charge in [-0.15, -0.1) is 0 Å².